The van der Waals surface area contributed by atoms with Crippen molar-refractivity contribution in [3.05, 3.63) is 94.0 Å². The molecule has 186 valence electrons. The standard InChI is InChI=1S/C26H24N2O5S3/c29-14-13-27-21-5-1-3-7-23(21)34-25(27)11-9-19-15-20(17-33-16-19)10-12-26-28(18-36(30,31)32)22-6-2-4-8-24(22)35-26/h1-12,15,29H,13-14,16-18H2/p+1. The Kier molecular flexibility index (Phi) is 7.42. The first-order valence-electron chi connectivity index (χ1n) is 11.3. The van der Waals surface area contributed by atoms with Gasteiger partial charge >= 0.3 is 10.1 Å². The van der Waals surface area contributed by atoms with Gasteiger partial charge in [0.1, 0.15) is 4.70 Å². The minimum absolute atomic E-state index is 0.0656. The van der Waals surface area contributed by atoms with Crippen molar-refractivity contribution >= 4 is 55.2 Å². The Labute approximate surface area is 218 Å². The number of aromatic nitrogens is 1. The Morgan fingerprint density at radius 3 is 2.69 bits per heavy atom. The number of fused-ring (bicyclic) bond motifs is 2. The summed E-state index contributed by atoms with van der Waals surface area (Å²) in [5.74, 6) is -0.505. The molecule has 0 unspecified atom stereocenters. The van der Waals surface area contributed by atoms with Crippen LogP contribution in [0.3, 0.4) is 0 Å². The number of ether oxygens (including phenoxy) is 1. The summed E-state index contributed by atoms with van der Waals surface area (Å²) in [6.07, 6.45) is 9.93. The van der Waals surface area contributed by atoms with Crippen LogP contribution in [0.5, 0.6) is 0 Å². The lowest BCUT2D eigenvalue weighted by Crippen LogP contribution is -2.38. The van der Waals surface area contributed by atoms with Crippen molar-refractivity contribution in [3.8, 4) is 0 Å². The minimum Gasteiger partial charge on any atom is -0.395 e. The van der Waals surface area contributed by atoms with Gasteiger partial charge in [0.15, 0.2) is 0 Å². The summed E-state index contributed by atoms with van der Waals surface area (Å²) in [6, 6.07) is 15.6. The second-order valence-corrected chi connectivity index (χ2v) is 11.8. The molecular formula is C26H25N2O5S3+. The van der Waals surface area contributed by atoms with E-state index in [-0.39, 0.29) is 6.61 Å². The van der Waals surface area contributed by atoms with Crippen molar-refractivity contribution in [2.75, 3.05) is 31.3 Å². The maximum atomic E-state index is 11.6. The number of aliphatic hydroxyl groups excluding tert-OH is 1. The second-order valence-electron chi connectivity index (χ2n) is 8.28. The van der Waals surface area contributed by atoms with Crippen LogP contribution in [0.15, 0.2) is 93.9 Å². The molecule has 2 aromatic carbocycles. The SMILES string of the molecule is O=S(=O)(O)C[n+]1c(C=CC2=CC(=CC=C3Sc4ccccc4N3CCO)COC2)sc2ccccc21. The average molecular weight is 542 g/mol. The molecule has 7 nitrogen and oxygen atoms in total. The number of thiazole rings is 1. The topological polar surface area (TPSA) is 91.0 Å². The maximum absolute atomic E-state index is 11.6. The first-order valence-corrected chi connectivity index (χ1v) is 14.5. The van der Waals surface area contributed by atoms with E-state index in [0.29, 0.717) is 24.8 Å². The third-order valence-corrected chi connectivity index (χ3v) is 8.52. The van der Waals surface area contributed by atoms with Crippen molar-refractivity contribution < 1.29 is 27.4 Å². The molecule has 2 aliphatic heterocycles. The predicted octanol–water partition coefficient (Wildman–Crippen LogP) is 4.38. The largest absolute Gasteiger partial charge is 0.395 e. The molecule has 2 N–H and O–H groups in total. The summed E-state index contributed by atoms with van der Waals surface area (Å²) in [5.41, 5.74) is 3.82. The van der Waals surface area contributed by atoms with Gasteiger partial charge in [0, 0.05) is 23.6 Å². The first kappa shape index (κ1) is 24.9. The second kappa shape index (κ2) is 10.7. The molecule has 36 heavy (non-hydrogen) atoms. The molecule has 0 amide bonds. The quantitative estimate of drug-likeness (QED) is 0.339. The summed E-state index contributed by atoms with van der Waals surface area (Å²) in [5, 5.41) is 11.3. The van der Waals surface area contributed by atoms with Crippen LogP contribution in [-0.2, 0) is 20.7 Å². The van der Waals surface area contributed by atoms with Crippen LogP contribution in [0.4, 0.5) is 5.69 Å². The summed E-state index contributed by atoms with van der Waals surface area (Å²) >= 11 is 3.13. The van der Waals surface area contributed by atoms with Gasteiger partial charge in [0.05, 0.1) is 30.5 Å². The monoisotopic (exact) mass is 541 g/mol. The predicted molar refractivity (Wildman–Crippen MR) is 144 cm³/mol. The van der Waals surface area contributed by atoms with Gasteiger partial charge in [-0.05, 0) is 41.5 Å². The molecule has 5 rings (SSSR count). The molecule has 0 atom stereocenters. The van der Waals surface area contributed by atoms with Crippen molar-refractivity contribution in [1.82, 2.24) is 0 Å². The van der Waals surface area contributed by atoms with Crippen molar-refractivity contribution in [3.63, 3.8) is 0 Å². The molecule has 0 radical (unpaired) electrons. The number of nitrogens with zero attached hydrogens (tertiary/aromatic N) is 2. The summed E-state index contributed by atoms with van der Waals surface area (Å²) in [6.45, 7) is 1.53. The molecule has 0 saturated heterocycles. The maximum Gasteiger partial charge on any atom is 0.326 e. The Bertz CT molecular complexity index is 1520. The highest BCUT2D eigenvalue weighted by Crippen LogP contribution is 2.45. The van der Waals surface area contributed by atoms with Crippen LogP contribution in [0.1, 0.15) is 5.01 Å². The highest BCUT2D eigenvalue weighted by atomic mass is 32.2. The molecule has 3 aromatic rings. The Morgan fingerprint density at radius 2 is 1.86 bits per heavy atom. The number of hydrogen-bond donors (Lipinski definition) is 2. The number of anilines is 1. The molecule has 1 aromatic heterocycles. The molecular weight excluding hydrogens is 516 g/mol. The highest BCUT2D eigenvalue weighted by molar-refractivity contribution is 8.03. The van der Waals surface area contributed by atoms with Crippen LogP contribution >= 0.6 is 23.1 Å². The summed E-state index contributed by atoms with van der Waals surface area (Å²) in [4.78, 5) is 3.27. The number of aliphatic hydroxyl groups is 1. The number of rotatable bonds is 7. The van der Waals surface area contributed by atoms with Gasteiger partial charge in [-0.1, -0.05) is 59.5 Å². The number of para-hydroxylation sites is 2. The van der Waals surface area contributed by atoms with E-state index in [9.17, 15) is 18.1 Å². The van der Waals surface area contributed by atoms with E-state index in [1.807, 2.05) is 60.7 Å². The van der Waals surface area contributed by atoms with Gasteiger partial charge in [0.25, 0.3) is 10.9 Å². The molecule has 0 fully saturated rings. The fraction of sp³-hybridized carbons (Fsp3) is 0.192. The zero-order valence-corrected chi connectivity index (χ0v) is 21.7. The van der Waals surface area contributed by atoms with Crippen LogP contribution in [-0.4, -0.2) is 44.4 Å². The average Bonchev–Trinajstić information content (AvgIpc) is 3.39. The Balaban J connectivity index is 1.40. The first-order chi connectivity index (χ1) is 17.4. The van der Waals surface area contributed by atoms with E-state index in [2.05, 4.69) is 23.1 Å². The van der Waals surface area contributed by atoms with Crippen molar-refractivity contribution in [2.24, 2.45) is 0 Å². The molecule has 2 aliphatic rings. The van der Waals surface area contributed by atoms with E-state index < -0.39 is 16.0 Å². The van der Waals surface area contributed by atoms with E-state index >= 15 is 0 Å². The van der Waals surface area contributed by atoms with E-state index in [1.165, 1.54) is 11.3 Å². The molecule has 0 saturated carbocycles. The minimum atomic E-state index is -4.20. The third-order valence-electron chi connectivity index (χ3n) is 5.68. The molecule has 3 heterocycles. The number of allylic oxidation sites excluding steroid dienone is 2. The number of hydrogen-bond acceptors (Lipinski definition) is 7. The van der Waals surface area contributed by atoms with E-state index in [1.54, 1.807) is 16.3 Å². The van der Waals surface area contributed by atoms with Crippen LogP contribution in [0, 0.1) is 0 Å². The van der Waals surface area contributed by atoms with Crippen molar-refractivity contribution in [2.45, 2.75) is 10.8 Å². The van der Waals surface area contributed by atoms with Gasteiger partial charge in [0.2, 0.25) is 5.52 Å². The fourth-order valence-electron chi connectivity index (χ4n) is 4.14. The van der Waals surface area contributed by atoms with Crippen molar-refractivity contribution in [1.29, 1.82) is 0 Å². The molecule has 0 aliphatic carbocycles. The molecule has 10 heteroatoms. The smallest absolute Gasteiger partial charge is 0.326 e. The number of benzene rings is 2. The lowest BCUT2D eigenvalue weighted by molar-refractivity contribution is -0.649. The summed E-state index contributed by atoms with van der Waals surface area (Å²) < 4.78 is 41.0. The van der Waals surface area contributed by atoms with Gasteiger partial charge in [-0.2, -0.15) is 13.0 Å². The fourth-order valence-corrected chi connectivity index (χ4v) is 6.98. The zero-order valence-electron chi connectivity index (χ0n) is 19.3. The lowest BCUT2D eigenvalue weighted by Gasteiger charge is -2.19. The number of β-amino-alcohol motifs (C(OH)–C–C–N with tert-alkyl or cyclic N) is 1. The molecule has 0 spiro atoms. The van der Waals surface area contributed by atoms with Gasteiger partial charge in [-0.15, -0.1) is 0 Å². The van der Waals surface area contributed by atoms with Gasteiger partial charge in [-0.25, -0.2) is 0 Å². The van der Waals surface area contributed by atoms with Gasteiger partial charge < -0.3 is 14.7 Å². The van der Waals surface area contributed by atoms with E-state index in [0.717, 1.165) is 37.0 Å². The lowest BCUT2D eigenvalue weighted by atomic mass is 10.1. The van der Waals surface area contributed by atoms with Crippen LogP contribution in [0.25, 0.3) is 16.3 Å². The summed E-state index contributed by atoms with van der Waals surface area (Å²) in [7, 11) is -4.20. The third kappa shape index (κ3) is 5.64. The highest BCUT2D eigenvalue weighted by Gasteiger charge is 2.25. The Morgan fingerprint density at radius 1 is 1.06 bits per heavy atom. The van der Waals surface area contributed by atoms with E-state index in [4.69, 9.17) is 4.74 Å². The van der Waals surface area contributed by atoms with Crippen LogP contribution in [0.2, 0.25) is 0 Å². The zero-order chi connectivity index (χ0) is 25.1. The normalized spacial score (nSPS) is 18.5. The number of thioether (sulfide) groups is 1. The van der Waals surface area contributed by atoms with Crippen LogP contribution < -0.4 is 9.47 Å². The van der Waals surface area contributed by atoms with Gasteiger partial charge in [-0.3, -0.25) is 4.55 Å². The Hall–Kier alpha value is -2.73. The molecule has 0 bridgehead atoms.